The largest absolute Gasteiger partial charge is 0.396 e. The second-order valence-electron chi connectivity index (χ2n) is 4.03. The Morgan fingerprint density at radius 3 is 2.56 bits per heavy atom. The predicted octanol–water partition coefficient (Wildman–Crippen LogP) is 1.88. The third-order valence-electron chi connectivity index (χ3n) is 2.97. The van der Waals surface area contributed by atoms with Gasteiger partial charge in [0.25, 0.3) is 5.91 Å². The Bertz CT molecular complexity index is 404. The molecule has 1 aliphatic rings. The number of carbonyl (C=O) groups excluding carboxylic acids is 1. The predicted molar refractivity (Wildman–Crippen MR) is 62.8 cm³/mol. The maximum absolute atomic E-state index is 12.1. The van der Waals surface area contributed by atoms with Crippen LogP contribution in [0.1, 0.15) is 29.3 Å². The van der Waals surface area contributed by atoms with Crippen molar-refractivity contribution in [3.05, 3.63) is 42.0 Å². The van der Waals surface area contributed by atoms with E-state index in [-0.39, 0.29) is 18.6 Å². The fraction of sp³-hybridized carbons (Fsp3) is 0.308. The van der Waals surface area contributed by atoms with Gasteiger partial charge in [0.15, 0.2) is 0 Å². The van der Waals surface area contributed by atoms with Crippen molar-refractivity contribution in [2.45, 2.75) is 19.4 Å². The molecule has 1 atom stereocenters. The Morgan fingerprint density at radius 1 is 1.38 bits per heavy atom. The first-order valence-corrected chi connectivity index (χ1v) is 5.39. The molecule has 1 amide bonds. The van der Waals surface area contributed by atoms with E-state index in [9.17, 15) is 4.79 Å². The van der Waals surface area contributed by atoms with E-state index in [1.54, 1.807) is 4.90 Å². The van der Waals surface area contributed by atoms with Gasteiger partial charge in [0.1, 0.15) is 0 Å². The molecule has 0 spiro atoms. The highest BCUT2D eigenvalue weighted by molar-refractivity contribution is 6.08. The van der Waals surface area contributed by atoms with E-state index in [2.05, 4.69) is 6.58 Å². The first-order chi connectivity index (χ1) is 7.66. The molecule has 1 heterocycles. The van der Waals surface area contributed by atoms with E-state index in [4.69, 9.17) is 5.11 Å². The van der Waals surface area contributed by atoms with Crippen LogP contribution in [0.2, 0.25) is 0 Å². The van der Waals surface area contributed by atoms with Gasteiger partial charge in [0.2, 0.25) is 0 Å². The maximum Gasteiger partial charge on any atom is 0.259 e. The zero-order valence-electron chi connectivity index (χ0n) is 9.31. The second-order valence-corrected chi connectivity index (χ2v) is 4.03. The van der Waals surface area contributed by atoms with Crippen LogP contribution in [0.3, 0.4) is 0 Å². The van der Waals surface area contributed by atoms with Crippen LogP contribution in [-0.2, 0) is 0 Å². The average molecular weight is 217 g/mol. The molecule has 2 rings (SSSR count). The van der Waals surface area contributed by atoms with Crippen molar-refractivity contribution in [2.24, 2.45) is 0 Å². The summed E-state index contributed by atoms with van der Waals surface area (Å²) in [4.78, 5) is 13.8. The summed E-state index contributed by atoms with van der Waals surface area (Å²) in [5, 5.41) is 8.92. The molecular weight excluding hydrogens is 202 g/mol. The first-order valence-electron chi connectivity index (χ1n) is 5.39. The second kappa shape index (κ2) is 4.10. The Hall–Kier alpha value is -1.61. The highest BCUT2D eigenvalue weighted by atomic mass is 16.3. The maximum atomic E-state index is 12.1. The van der Waals surface area contributed by atoms with Gasteiger partial charge in [-0.05, 0) is 19.4 Å². The molecule has 0 radical (unpaired) electrons. The zero-order chi connectivity index (χ0) is 11.7. The lowest BCUT2D eigenvalue weighted by Gasteiger charge is -2.24. The van der Waals surface area contributed by atoms with Gasteiger partial charge in [-0.15, -0.1) is 0 Å². The lowest BCUT2D eigenvalue weighted by atomic mass is 10.1. The number of benzene rings is 1. The molecule has 0 aliphatic carbocycles. The number of hydrogen-bond donors (Lipinski definition) is 1. The normalized spacial score (nSPS) is 16.5. The first kappa shape index (κ1) is 10.9. The van der Waals surface area contributed by atoms with Crippen molar-refractivity contribution in [3.8, 4) is 0 Å². The Morgan fingerprint density at radius 2 is 2.00 bits per heavy atom. The van der Waals surface area contributed by atoms with Crippen molar-refractivity contribution >= 4 is 11.6 Å². The molecule has 1 aliphatic heterocycles. The van der Waals surface area contributed by atoms with Gasteiger partial charge in [-0.3, -0.25) is 4.79 Å². The number of aliphatic hydroxyl groups is 1. The number of hydrogen-bond acceptors (Lipinski definition) is 2. The quantitative estimate of drug-likeness (QED) is 0.839. The summed E-state index contributed by atoms with van der Waals surface area (Å²) < 4.78 is 0. The smallest absolute Gasteiger partial charge is 0.259 e. The molecule has 3 heteroatoms. The standard InChI is InChI=1S/C13H15NO2/c1-9(7-8-15)14-10(2)11-5-3-4-6-12(11)13(14)16/h3-6,9,15H,2,7-8H2,1H3. The van der Waals surface area contributed by atoms with E-state index in [0.717, 1.165) is 11.3 Å². The van der Waals surface area contributed by atoms with Crippen LogP contribution in [0, 0.1) is 0 Å². The van der Waals surface area contributed by atoms with Gasteiger partial charge in [-0.1, -0.05) is 24.8 Å². The molecular formula is C13H15NO2. The van der Waals surface area contributed by atoms with E-state index < -0.39 is 0 Å². The lowest BCUT2D eigenvalue weighted by Crippen LogP contribution is -2.32. The molecule has 0 saturated carbocycles. The van der Waals surface area contributed by atoms with Gasteiger partial charge in [-0.2, -0.15) is 0 Å². The fourth-order valence-electron chi connectivity index (χ4n) is 2.09. The monoisotopic (exact) mass is 217 g/mol. The summed E-state index contributed by atoms with van der Waals surface area (Å²) in [5.74, 6) is -0.0125. The van der Waals surface area contributed by atoms with Crippen molar-refractivity contribution in [2.75, 3.05) is 6.61 Å². The molecule has 16 heavy (non-hydrogen) atoms. The topological polar surface area (TPSA) is 40.5 Å². The minimum absolute atomic E-state index is 0.0125. The molecule has 0 fully saturated rings. The number of aliphatic hydroxyl groups excluding tert-OH is 1. The SMILES string of the molecule is C=C1c2ccccc2C(=O)N1C(C)CCO. The van der Waals surface area contributed by atoms with Crippen LogP contribution in [-0.4, -0.2) is 28.6 Å². The summed E-state index contributed by atoms with van der Waals surface area (Å²) in [5.41, 5.74) is 2.34. The van der Waals surface area contributed by atoms with E-state index >= 15 is 0 Å². The third-order valence-corrected chi connectivity index (χ3v) is 2.97. The molecule has 0 aromatic heterocycles. The Balaban J connectivity index is 2.35. The Labute approximate surface area is 95.0 Å². The number of carbonyl (C=O) groups is 1. The molecule has 84 valence electrons. The summed E-state index contributed by atoms with van der Waals surface area (Å²) in [6, 6.07) is 7.45. The summed E-state index contributed by atoms with van der Waals surface area (Å²) in [6.45, 7) is 5.95. The summed E-state index contributed by atoms with van der Waals surface area (Å²) in [6.07, 6.45) is 0.568. The molecule has 1 aromatic rings. The van der Waals surface area contributed by atoms with Crippen LogP contribution >= 0.6 is 0 Å². The molecule has 1 aromatic carbocycles. The van der Waals surface area contributed by atoms with E-state index in [0.29, 0.717) is 12.0 Å². The van der Waals surface area contributed by atoms with Crippen LogP contribution in [0.15, 0.2) is 30.8 Å². The van der Waals surface area contributed by atoms with Crippen molar-refractivity contribution < 1.29 is 9.90 Å². The highest BCUT2D eigenvalue weighted by Crippen LogP contribution is 2.33. The number of amides is 1. The van der Waals surface area contributed by atoms with Gasteiger partial charge in [0.05, 0.1) is 0 Å². The van der Waals surface area contributed by atoms with Crippen molar-refractivity contribution in [3.63, 3.8) is 0 Å². The minimum atomic E-state index is -0.0163. The molecule has 1 unspecified atom stereocenters. The summed E-state index contributed by atoms with van der Waals surface area (Å²) in [7, 11) is 0. The zero-order valence-corrected chi connectivity index (χ0v) is 9.31. The number of nitrogens with zero attached hydrogens (tertiary/aromatic N) is 1. The lowest BCUT2D eigenvalue weighted by molar-refractivity contribution is 0.0797. The number of rotatable bonds is 3. The van der Waals surface area contributed by atoms with Crippen LogP contribution in [0.4, 0.5) is 0 Å². The van der Waals surface area contributed by atoms with Crippen molar-refractivity contribution in [1.82, 2.24) is 4.90 Å². The van der Waals surface area contributed by atoms with Gasteiger partial charge in [0, 0.05) is 29.5 Å². The van der Waals surface area contributed by atoms with Crippen LogP contribution < -0.4 is 0 Å². The molecule has 3 nitrogen and oxygen atoms in total. The van der Waals surface area contributed by atoms with Gasteiger partial charge < -0.3 is 10.0 Å². The van der Waals surface area contributed by atoms with Crippen LogP contribution in [0.5, 0.6) is 0 Å². The highest BCUT2D eigenvalue weighted by Gasteiger charge is 2.33. The van der Waals surface area contributed by atoms with Gasteiger partial charge >= 0.3 is 0 Å². The summed E-state index contributed by atoms with van der Waals surface area (Å²) >= 11 is 0. The van der Waals surface area contributed by atoms with Crippen molar-refractivity contribution in [1.29, 1.82) is 0 Å². The molecule has 0 bridgehead atoms. The number of fused-ring (bicyclic) bond motifs is 1. The van der Waals surface area contributed by atoms with E-state index in [1.807, 2.05) is 31.2 Å². The molecule has 1 N–H and O–H groups in total. The third kappa shape index (κ3) is 1.53. The average Bonchev–Trinajstić information content (AvgIpc) is 2.53. The van der Waals surface area contributed by atoms with Gasteiger partial charge in [-0.25, -0.2) is 0 Å². The van der Waals surface area contributed by atoms with E-state index in [1.165, 1.54) is 0 Å². The minimum Gasteiger partial charge on any atom is -0.396 e. The fourth-order valence-corrected chi connectivity index (χ4v) is 2.09. The molecule has 0 saturated heterocycles. The van der Waals surface area contributed by atoms with Crippen LogP contribution in [0.25, 0.3) is 5.70 Å². The Kier molecular flexibility index (Phi) is 2.79.